The second-order valence-electron chi connectivity index (χ2n) is 7.27. The maximum absolute atomic E-state index is 2.49. The van der Waals surface area contributed by atoms with Gasteiger partial charge in [0.25, 0.3) is 0 Å². The zero-order valence-electron chi connectivity index (χ0n) is 13.1. The molecule has 0 amide bonds. The van der Waals surface area contributed by atoms with Gasteiger partial charge in [0.15, 0.2) is 0 Å². The summed E-state index contributed by atoms with van der Waals surface area (Å²) in [6.45, 7) is 0. The van der Waals surface area contributed by atoms with Gasteiger partial charge in [0.2, 0.25) is 0 Å². The van der Waals surface area contributed by atoms with E-state index in [2.05, 4.69) is 30.7 Å². The van der Waals surface area contributed by atoms with Crippen LogP contribution in [0.5, 0.6) is 0 Å². The topological polar surface area (TPSA) is 0 Å². The van der Waals surface area contributed by atoms with E-state index in [1.54, 1.807) is 22.3 Å². The molecule has 0 heterocycles. The van der Waals surface area contributed by atoms with Gasteiger partial charge >= 0.3 is 0 Å². The maximum atomic E-state index is 2.49. The predicted octanol–water partition coefficient (Wildman–Crippen LogP) is 6.36. The van der Waals surface area contributed by atoms with Crippen LogP contribution in [0.2, 0.25) is 0 Å². The number of hydrogen-bond acceptors (Lipinski definition) is 0. The van der Waals surface area contributed by atoms with E-state index >= 15 is 0 Å². The van der Waals surface area contributed by atoms with Crippen molar-refractivity contribution < 1.29 is 0 Å². The fourth-order valence-electron chi connectivity index (χ4n) is 4.82. The second-order valence-corrected chi connectivity index (χ2v) is 7.27. The first-order chi connectivity index (χ1) is 10.4. The SMILES string of the molecule is [CH]1C=Cc2c(C3CCCCC3)ccc(C3CCCCC3)c21. The van der Waals surface area contributed by atoms with Crippen molar-refractivity contribution in [2.45, 2.75) is 76.0 Å². The molecule has 0 aliphatic heterocycles. The lowest BCUT2D eigenvalue weighted by atomic mass is 9.77. The monoisotopic (exact) mass is 279 g/mol. The highest BCUT2D eigenvalue weighted by molar-refractivity contribution is 5.71. The molecule has 1 radical (unpaired) electrons. The molecule has 21 heavy (non-hydrogen) atoms. The molecule has 3 aliphatic carbocycles. The van der Waals surface area contributed by atoms with Gasteiger partial charge in [-0.1, -0.05) is 62.8 Å². The van der Waals surface area contributed by atoms with Gasteiger partial charge in [-0.25, -0.2) is 0 Å². The fraction of sp³-hybridized carbons (Fsp3) is 0.571. The van der Waals surface area contributed by atoms with Crippen molar-refractivity contribution in [1.82, 2.24) is 0 Å². The zero-order chi connectivity index (χ0) is 14.1. The number of fused-ring (bicyclic) bond motifs is 1. The minimum absolute atomic E-state index is 0.823. The van der Waals surface area contributed by atoms with Crippen LogP contribution in [0.4, 0.5) is 0 Å². The second kappa shape index (κ2) is 5.99. The molecule has 0 heteroatoms. The van der Waals surface area contributed by atoms with Gasteiger partial charge < -0.3 is 0 Å². The van der Waals surface area contributed by atoms with Crippen LogP contribution in [0.1, 0.15) is 98.3 Å². The van der Waals surface area contributed by atoms with Crippen molar-refractivity contribution in [2.75, 3.05) is 0 Å². The number of allylic oxidation sites excluding steroid dienone is 1. The van der Waals surface area contributed by atoms with Crippen molar-refractivity contribution in [3.63, 3.8) is 0 Å². The molecule has 0 N–H and O–H groups in total. The van der Waals surface area contributed by atoms with Gasteiger partial charge in [0.05, 0.1) is 0 Å². The largest absolute Gasteiger partial charge is 0.0754 e. The van der Waals surface area contributed by atoms with Crippen LogP contribution in [-0.4, -0.2) is 0 Å². The van der Waals surface area contributed by atoms with Gasteiger partial charge in [-0.2, -0.15) is 0 Å². The summed E-state index contributed by atoms with van der Waals surface area (Å²) in [5.74, 6) is 1.65. The van der Waals surface area contributed by atoms with Crippen LogP contribution >= 0.6 is 0 Å². The Hall–Kier alpha value is -1.04. The summed E-state index contributed by atoms with van der Waals surface area (Å²) in [5, 5.41) is 0. The van der Waals surface area contributed by atoms with Crippen molar-refractivity contribution >= 4 is 6.08 Å². The Labute approximate surface area is 129 Å². The molecule has 2 saturated carbocycles. The smallest absolute Gasteiger partial charge is 0.0134 e. The van der Waals surface area contributed by atoms with E-state index in [9.17, 15) is 0 Å². The quantitative estimate of drug-likeness (QED) is 0.590. The Morgan fingerprint density at radius 1 is 0.619 bits per heavy atom. The van der Waals surface area contributed by atoms with E-state index in [4.69, 9.17) is 0 Å². The Morgan fingerprint density at radius 3 is 1.71 bits per heavy atom. The lowest BCUT2D eigenvalue weighted by Crippen LogP contribution is -2.11. The normalized spacial score (nSPS) is 23.4. The third kappa shape index (κ3) is 2.58. The third-order valence-electron chi connectivity index (χ3n) is 5.97. The lowest BCUT2D eigenvalue weighted by molar-refractivity contribution is 0.438. The predicted molar refractivity (Wildman–Crippen MR) is 90.5 cm³/mol. The average Bonchev–Trinajstić information content (AvgIpc) is 3.05. The molecule has 0 spiro atoms. The molecule has 0 bridgehead atoms. The van der Waals surface area contributed by atoms with Crippen LogP contribution in [0.25, 0.3) is 6.08 Å². The highest BCUT2D eigenvalue weighted by Crippen LogP contribution is 2.43. The van der Waals surface area contributed by atoms with E-state index in [1.165, 1.54) is 64.2 Å². The van der Waals surface area contributed by atoms with Gasteiger partial charge in [0.1, 0.15) is 0 Å². The summed E-state index contributed by atoms with van der Waals surface area (Å²) in [7, 11) is 0. The van der Waals surface area contributed by atoms with E-state index in [1.807, 2.05) is 0 Å². The number of hydrogen-bond donors (Lipinski definition) is 0. The molecule has 0 aromatic heterocycles. The number of benzene rings is 1. The van der Waals surface area contributed by atoms with E-state index in [-0.39, 0.29) is 0 Å². The van der Waals surface area contributed by atoms with E-state index in [0.29, 0.717) is 0 Å². The first-order valence-corrected chi connectivity index (χ1v) is 9.12. The van der Waals surface area contributed by atoms with Crippen molar-refractivity contribution in [2.24, 2.45) is 0 Å². The molecule has 0 atom stereocenters. The fourth-order valence-corrected chi connectivity index (χ4v) is 4.82. The minimum atomic E-state index is 0.823. The highest BCUT2D eigenvalue weighted by Gasteiger charge is 2.25. The standard InChI is InChI=1S/C21H27/c1-3-8-16(9-4-1)18-14-15-19(17-10-5-2-6-11-17)21-13-7-12-20(18)21/h7,12-17H,1-6,8-11H2. The summed E-state index contributed by atoms with van der Waals surface area (Å²) >= 11 is 0. The molecule has 1 aromatic rings. The number of rotatable bonds is 2. The molecule has 2 fully saturated rings. The molecule has 111 valence electrons. The zero-order valence-corrected chi connectivity index (χ0v) is 13.1. The molecule has 0 nitrogen and oxygen atoms in total. The Kier molecular flexibility index (Phi) is 3.88. The summed E-state index contributed by atoms with van der Waals surface area (Å²) in [6, 6.07) is 4.98. The molecule has 0 unspecified atom stereocenters. The summed E-state index contributed by atoms with van der Waals surface area (Å²) < 4.78 is 0. The van der Waals surface area contributed by atoms with Crippen molar-refractivity contribution in [3.8, 4) is 0 Å². The van der Waals surface area contributed by atoms with Crippen molar-refractivity contribution in [1.29, 1.82) is 0 Å². The van der Waals surface area contributed by atoms with Crippen LogP contribution in [-0.2, 0) is 0 Å². The third-order valence-corrected chi connectivity index (χ3v) is 5.97. The molecule has 4 rings (SSSR count). The lowest BCUT2D eigenvalue weighted by Gasteiger charge is -2.28. The summed E-state index contributed by atoms with van der Waals surface area (Å²) in [6.07, 6.45) is 21.3. The summed E-state index contributed by atoms with van der Waals surface area (Å²) in [4.78, 5) is 0. The van der Waals surface area contributed by atoms with Crippen molar-refractivity contribution in [3.05, 3.63) is 46.9 Å². The average molecular weight is 279 g/mol. The van der Waals surface area contributed by atoms with E-state index in [0.717, 1.165) is 11.8 Å². The molecule has 1 aromatic carbocycles. The van der Waals surface area contributed by atoms with Gasteiger partial charge in [0, 0.05) is 6.42 Å². The molecular weight excluding hydrogens is 252 g/mol. The van der Waals surface area contributed by atoms with Crippen LogP contribution in [0.3, 0.4) is 0 Å². The maximum Gasteiger partial charge on any atom is 0.0134 e. The Bertz CT molecular complexity index is 525. The van der Waals surface area contributed by atoms with Gasteiger partial charge in [-0.15, -0.1) is 0 Å². The first-order valence-electron chi connectivity index (χ1n) is 9.12. The highest BCUT2D eigenvalue weighted by atomic mass is 14.3. The van der Waals surface area contributed by atoms with Gasteiger partial charge in [-0.05, 0) is 59.8 Å². The minimum Gasteiger partial charge on any atom is -0.0754 e. The Balaban J connectivity index is 1.68. The van der Waals surface area contributed by atoms with Crippen LogP contribution in [0, 0.1) is 6.42 Å². The summed E-state index contributed by atoms with van der Waals surface area (Å²) in [5.41, 5.74) is 6.44. The van der Waals surface area contributed by atoms with Gasteiger partial charge in [-0.3, -0.25) is 0 Å². The van der Waals surface area contributed by atoms with Crippen LogP contribution in [0.15, 0.2) is 18.2 Å². The first kappa shape index (κ1) is 13.6. The molecule has 0 saturated heterocycles. The Morgan fingerprint density at radius 2 is 1.14 bits per heavy atom. The molecular formula is C21H27. The van der Waals surface area contributed by atoms with Crippen LogP contribution < -0.4 is 0 Å². The van der Waals surface area contributed by atoms with E-state index < -0.39 is 0 Å². The molecule has 3 aliphatic rings.